The van der Waals surface area contributed by atoms with E-state index in [1.54, 1.807) is 37.8 Å². The van der Waals surface area contributed by atoms with Crippen LogP contribution in [0.5, 0.6) is 0 Å². The van der Waals surface area contributed by atoms with E-state index in [1.807, 2.05) is 13.0 Å². The van der Waals surface area contributed by atoms with Gasteiger partial charge in [0.25, 0.3) is 0 Å². The number of halogens is 2. The molecule has 6 rings (SSSR count). The first-order valence-electron chi connectivity index (χ1n) is 13.8. The second-order valence-electron chi connectivity index (χ2n) is 11.2. The first-order valence-corrected chi connectivity index (χ1v) is 13.8. The van der Waals surface area contributed by atoms with Gasteiger partial charge in [0.15, 0.2) is 0 Å². The predicted octanol–water partition coefficient (Wildman–Crippen LogP) is 5.43. The van der Waals surface area contributed by atoms with Crippen LogP contribution in [0, 0.1) is 17.6 Å². The van der Waals surface area contributed by atoms with Gasteiger partial charge in [-0.05, 0) is 79.0 Å². The molecule has 0 spiro atoms. The summed E-state index contributed by atoms with van der Waals surface area (Å²) in [6.45, 7) is 2.01. The fourth-order valence-corrected chi connectivity index (χ4v) is 6.55. The van der Waals surface area contributed by atoms with Gasteiger partial charge in [-0.1, -0.05) is 19.8 Å². The number of fused-ring (bicyclic) bond motifs is 1. The van der Waals surface area contributed by atoms with E-state index in [-0.39, 0.29) is 29.1 Å². The summed E-state index contributed by atoms with van der Waals surface area (Å²) in [6.07, 6.45) is 9.39. The zero-order chi connectivity index (χ0) is 28.0. The van der Waals surface area contributed by atoms with Crippen LogP contribution in [0.4, 0.5) is 20.4 Å². The zero-order valence-electron chi connectivity index (χ0n) is 22.6. The number of aromatic nitrogens is 4. The maximum absolute atomic E-state index is 15.5. The molecule has 3 aromatic heterocycles. The molecule has 4 aromatic rings. The van der Waals surface area contributed by atoms with E-state index < -0.39 is 23.3 Å². The third-order valence-electron chi connectivity index (χ3n) is 8.79. The minimum absolute atomic E-state index is 0.0647. The van der Waals surface area contributed by atoms with Gasteiger partial charge in [0.05, 0.1) is 46.6 Å². The van der Waals surface area contributed by atoms with Crippen molar-refractivity contribution in [3.05, 3.63) is 71.7 Å². The number of methoxy groups -OCH3 is 1. The molecule has 0 unspecified atom stereocenters. The lowest BCUT2D eigenvalue weighted by Gasteiger charge is -2.36. The lowest BCUT2D eigenvalue weighted by molar-refractivity contribution is -0.00914. The van der Waals surface area contributed by atoms with Gasteiger partial charge in [-0.2, -0.15) is 9.61 Å². The summed E-state index contributed by atoms with van der Waals surface area (Å²) < 4.78 is 38.2. The molecule has 2 saturated carbocycles. The van der Waals surface area contributed by atoms with Crippen molar-refractivity contribution in [1.29, 1.82) is 0 Å². The molecule has 2 aliphatic carbocycles. The summed E-state index contributed by atoms with van der Waals surface area (Å²) in [5.41, 5.74) is 8.48. The van der Waals surface area contributed by atoms with Crippen LogP contribution in [-0.2, 0) is 10.3 Å². The normalized spacial score (nSPS) is 24.4. The predicted molar refractivity (Wildman–Crippen MR) is 148 cm³/mol. The standard InChI is InChI=1S/C30H34F2N6O2/c1-17-11-18(12-24(33)28(17)39)21-7-10-34-16-26(21)36-29-35-15-20-5-6-25(37-38(20)29)27-22(31)13-19(14-23(27)32)30(40-2)8-3-4-9-30/h5-7,10,13-18,24,28,39H,3-4,8-9,11-12,33H2,1-2H3,(H,35,36)/t17-,18+,24+,28-/m0/s1. The molecule has 2 fully saturated rings. The van der Waals surface area contributed by atoms with E-state index in [4.69, 9.17) is 10.5 Å². The molecule has 1 aromatic carbocycles. The molecular weight excluding hydrogens is 514 g/mol. The van der Waals surface area contributed by atoms with Gasteiger partial charge in [-0.3, -0.25) is 4.98 Å². The minimum Gasteiger partial charge on any atom is -0.391 e. The number of pyridine rings is 1. The largest absolute Gasteiger partial charge is 0.391 e. The van der Waals surface area contributed by atoms with Crippen molar-refractivity contribution in [2.45, 2.75) is 69.1 Å². The Morgan fingerprint density at radius 2 is 1.85 bits per heavy atom. The number of rotatable bonds is 6. The number of imidazole rings is 1. The van der Waals surface area contributed by atoms with Crippen LogP contribution in [-0.4, -0.2) is 43.9 Å². The molecule has 0 bridgehead atoms. The molecule has 0 aliphatic heterocycles. The molecule has 0 saturated heterocycles. The Morgan fingerprint density at radius 1 is 1.10 bits per heavy atom. The van der Waals surface area contributed by atoms with Crippen LogP contribution in [0.3, 0.4) is 0 Å². The van der Waals surface area contributed by atoms with Crippen LogP contribution in [0.25, 0.3) is 16.8 Å². The highest BCUT2D eigenvalue weighted by molar-refractivity contribution is 5.66. The van der Waals surface area contributed by atoms with Crippen molar-refractivity contribution in [3.63, 3.8) is 0 Å². The average Bonchev–Trinajstić information content (AvgIpc) is 3.59. The molecule has 0 radical (unpaired) electrons. The Hall–Kier alpha value is -3.47. The number of benzene rings is 1. The van der Waals surface area contributed by atoms with Crippen molar-refractivity contribution in [3.8, 4) is 11.3 Å². The van der Waals surface area contributed by atoms with Crippen LogP contribution in [0.1, 0.15) is 62.5 Å². The second kappa shape index (κ2) is 10.5. The maximum atomic E-state index is 15.5. The third kappa shape index (κ3) is 4.63. The van der Waals surface area contributed by atoms with Crippen LogP contribution < -0.4 is 11.1 Å². The van der Waals surface area contributed by atoms with E-state index in [9.17, 15) is 5.11 Å². The quantitative estimate of drug-likeness (QED) is 0.295. The topological polar surface area (TPSA) is 111 Å². The summed E-state index contributed by atoms with van der Waals surface area (Å²) in [5.74, 6) is -0.778. The Labute approximate surface area is 231 Å². The Bertz CT molecular complexity index is 1500. The van der Waals surface area contributed by atoms with Crippen LogP contribution in [0.15, 0.2) is 48.9 Å². The van der Waals surface area contributed by atoms with Gasteiger partial charge in [0.1, 0.15) is 11.6 Å². The van der Waals surface area contributed by atoms with Gasteiger partial charge in [-0.25, -0.2) is 13.8 Å². The van der Waals surface area contributed by atoms with Gasteiger partial charge >= 0.3 is 0 Å². The Morgan fingerprint density at radius 3 is 2.55 bits per heavy atom. The molecule has 3 heterocycles. The summed E-state index contributed by atoms with van der Waals surface area (Å²) in [5, 5.41) is 18.2. The van der Waals surface area contributed by atoms with E-state index in [0.717, 1.165) is 43.4 Å². The Kier molecular flexibility index (Phi) is 7.02. The zero-order valence-corrected chi connectivity index (χ0v) is 22.6. The number of anilines is 2. The fraction of sp³-hybridized carbons (Fsp3) is 0.433. The molecule has 4 N–H and O–H groups in total. The first-order chi connectivity index (χ1) is 19.3. The summed E-state index contributed by atoms with van der Waals surface area (Å²) in [6, 6.07) is 7.71. The lowest BCUT2D eigenvalue weighted by Crippen LogP contribution is -2.44. The summed E-state index contributed by atoms with van der Waals surface area (Å²) in [7, 11) is 1.60. The number of ether oxygens (including phenoxy) is 1. The second-order valence-corrected chi connectivity index (χ2v) is 11.2. The summed E-state index contributed by atoms with van der Waals surface area (Å²) >= 11 is 0. The number of aliphatic hydroxyl groups excluding tert-OH is 1. The molecule has 40 heavy (non-hydrogen) atoms. The Balaban J connectivity index is 1.34. The molecule has 10 heteroatoms. The molecule has 210 valence electrons. The third-order valence-corrected chi connectivity index (χ3v) is 8.79. The highest BCUT2D eigenvalue weighted by Crippen LogP contribution is 2.43. The fourth-order valence-electron chi connectivity index (χ4n) is 6.55. The van der Waals surface area contributed by atoms with Crippen molar-refractivity contribution in [2.24, 2.45) is 11.7 Å². The number of nitrogens with zero attached hydrogens (tertiary/aromatic N) is 4. The van der Waals surface area contributed by atoms with E-state index in [1.165, 1.54) is 16.6 Å². The SMILES string of the molecule is COC1(c2cc(F)c(-c3ccc4cnc(Nc5cnccc5[C@H]5C[C@@H](N)[C@@H](O)[C@@H](C)C5)n4n3)c(F)c2)CCCC1. The minimum atomic E-state index is -0.681. The van der Waals surface area contributed by atoms with Gasteiger partial charge in [-0.15, -0.1) is 0 Å². The van der Waals surface area contributed by atoms with Gasteiger partial charge in [0.2, 0.25) is 5.95 Å². The molecule has 8 nitrogen and oxygen atoms in total. The number of aliphatic hydroxyl groups is 1. The lowest BCUT2D eigenvalue weighted by atomic mass is 9.74. The molecular formula is C30H34F2N6O2. The average molecular weight is 549 g/mol. The number of nitrogens with one attached hydrogen (secondary N) is 1. The number of hydrogen-bond acceptors (Lipinski definition) is 7. The molecule has 0 amide bonds. The number of hydrogen-bond donors (Lipinski definition) is 3. The number of nitrogens with two attached hydrogens (primary N) is 1. The molecule has 2 aliphatic rings. The van der Waals surface area contributed by atoms with Crippen LogP contribution >= 0.6 is 0 Å². The highest BCUT2D eigenvalue weighted by atomic mass is 19.1. The first kappa shape index (κ1) is 26.7. The van der Waals surface area contributed by atoms with Crippen molar-refractivity contribution < 1.29 is 18.6 Å². The van der Waals surface area contributed by atoms with E-state index >= 15 is 8.78 Å². The smallest absolute Gasteiger partial charge is 0.229 e. The van der Waals surface area contributed by atoms with Crippen molar-refractivity contribution in [2.75, 3.05) is 12.4 Å². The monoisotopic (exact) mass is 548 g/mol. The van der Waals surface area contributed by atoms with Crippen molar-refractivity contribution >= 4 is 17.2 Å². The van der Waals surface area contributed by atoms with E-state index in [0.29, 0.717) is 23.4 Å². The maximum Gasteiger partial charge on any atom is 0.229 e. The van der Waals surface area contributed by atoms with Crippen LogP contribution in [0.2, 0.25) is 0 Å². The van der Waals surface area contributed by atoms with Gasteiger partial charge in [0, 0.05) is 19.3 Å². The van der Waals surface area contributed by atoms with E-state index in [2.05, 4.69) is 20.4 Å². The van der Waals surface area contributed by atoms with Gasteiger partial charge < -0.3 is 20.9 Å². The summed E-state index contributed by atoms with van der Waals surface area (Å²) in [4.78, 5) is 8.76. The van der Waals surface area contributed by atoms with Crippen molar-refractivity contribution in [1.82, 2.24) is 19.6 Å². The molecule has 4 atom stereocenters. The highest BCUT2D eigenvalue weighted by Gasteiger charge is 2.37.